The average molecular weight is 576 g/mol. The molecule has 2 aromatic carbocycles. The number of benzene rings is 2. The third-order valence-corrected chi connectivity index (χ3v) is 7.27. The summed E-state index contributed by atoms with van der Waals surface area (Å²) < 4.78 is 71.5. The molecule has 200 valence electrons. The first kappa shape index (κ1) is 30.9. The first-order valence-electron chi connectivity index (χ1n) is 10.4. The van der Waals surface area contributed by atoms with Crippen molar-refractivity contribution in [3.63, 3.8) is 0 Å². The average Bonchev–Trinajstić information content (AvgIpc) is 2.86. The number of ether oxygens (including phenoxy) is 3. The zero-order chi connectivity index (χ0) is 26.5. The summed E-state index contributed by atoms with van der Waals surface area (Å²) in [5.41, 5.74) is 1.34. The number of halogens is 3. The Labute approximate surface area is 232 Å². The first-order valence-corrected chi connectivity index (χ1v) is 12.2. The maximum atomic E-state index is 14.7. The molecule has 0 spiro atoms. The van der Waals surface area contributed by atoms with Gasteiger partial charge in [0.1, 0.15) is 18.4 Å². The monoisotopic (exact) mass is 575 g/mol. The zero-order valence-corrected chi connectivity index (χ0v) is 20.4. The van der Waals surface area contributed by atoms with Crippen LogP contribution in [-0.4, -0.2) is 104 Å². The predicted octanol–water partition coefficient (Wildman–Crippen LogP) is 1.46. The van der Waals surface area contributed by atoms with Gasteiger partial charge in [-0.2, -0.15) is 4.31 Å². The molecule has 37 heavy (non-hydrogen) atoms. The van der Waals surface area contributed by atoms with Crippen LogP contribution in [0.25, 0.3) is 0 Å². The minimum atomic E-state index is -4.67. The quantitative estimate of drug-likeness (QED) is 0.209. The van der Waals surface area contributed by atoms with Crippen LogP contribution in [0.4, 0.5) is 13.6 Å². The Morgan fingerprint density at radius 1 is 1.14 bits per heavy atom. The van der Waals surface area contributed by atoms with Gasteiger partial charge < -0.3 is 19.1 Å². The van der Waals surface area contributed by atoms with Crippen LogP contribution >= 0.6 is 11.6 Å². The van der Waals surface area contributed by atoms with Crippen LogP contribution in [0.3, 0.4) is 0 Å². The number of amides is 2. The number of hydroxylamine groups is 1. The van der Waals surface area contributed by atoms with E-state index >= 15 is 0 Å². The maximum Gasteiger partial charge on any atom is 0.409 e. The van der Waals surface area contributed by atoms with Gasteiger partial charge in [-0.3, -0.25) is 10.0 Å². The molecular weight excluding hydrogens is 552 g/mol. The van der Waals surface area contributed by atoms with Crippen molar-refractivity contribution in [2.45, 2.75) is 10.9 Å². The molecule has 0 saturated carbocycles. The van der Waals surface area contributed by atoms with Gasteiger partial charge in [0.15, 0.2) is 17.4 Å². The Balaban J connectivity index is 0.00000481. The van der Waals surface area contributed by atoms with Crippen molar-refractivity contribution in [1.29, 1.82) is 0 Å². The molecule has 0 bridgehead atoms. The Bertz CT molecular complexity index is 1200. The third-order valence-electron chi connectivity index (χ3n) is 5.13. The summed E-state index contributed by atoms with van der Waals surface area (Å²) in [6.45, 7) is -1.06. The van der Waals surface area contributed by atoms with Crippen LogP contribution in [-0.2, 0) is 24.3 Å². The number of piperazine rings is 1. The fourth-order valence-electron chi connectivity index (χ4n) is 3.35. The van der Waals surface area contributed by atoms with Crippen molar-refractivity contribution in [3.8, 4) is 11.5 Å². The molecule has 1 unspecified atom stereocenters. The molecular formula is C21H24ClF2MgN3O8S. The van der Waals surface area contributed by atoms with Gasteiger partial charge in [0, 0.05) is 31.8 Å². The van der Waals surface area contributed by atoms with Gasteiger partial charge in [0.2, 0.25) is 10.0 Å². The van der Waals surface area contributed by atoms with E-state index in [0.29, 0.717) is 21.5 Å². The maximum absolute atomic E-state index is 14.7. The molecule has 2 aromatic rings. The number of methoxy groups -OCH3 is 1. The number of hydrogen-bond donors (Lipinski definition) is 2. The van der Waals surface area contributed by atoms with Gasteiger partial charge in [-0.1, -0.05) is 11.6 Å². The molecule has 16 heteroatoms. The summed E-state index contributed by atoms with van der Waals surface area (Å²) in [7, 11) is -3.26. The van der Waals surface area contributed by atoms with Crippen LogP contribution in [0.1, 0.15) is 0 Å². The van der Waals surface area contributed by atoms with Crippen LogP contribution in [0.5, 0.6) is 11.5 Å². The van der Waals surface area contributed by atoms with Gasteiger partial charge >= 0.3 is 29.1 Å². The second-order valence-electron chi connectivity index (χ2n) is 7.43. The van der Waals surface area contributed by atoms with E-state index in [1.165, 1.54) is 36.9 Å². The molecule has 0 radical (unpaired) electrons. The lowest BCUT2D eigenvalue weighted by molar-refractivity contribution is -0.134. The van der Waals surface area contributed by atoms with Crippen LogP contribution in [0.15, 0.2) is 41.3 Å². The number of rotatable bonds is 8. The molecule has 1 aliphatic rings. The van der Waals surface area contributed by atoms with E-state index in [2.05, 4.69) is 0 Å². The van der Waals surface area contributed by atoms with Crippen molar-refractivity contribution < 1.29 is 46.2 Å². The van der Waals surface area contributed by atoms with E-state index in [4.69, 9.17) is 31.0 Å². The molecule has 2 N–H and O–H groups in total. The second-order valence-corrected chi connectivity index (χ2v) is 9.76. The normalized spacial score (nSPS) is 16.0. The molecule has 1 atom stereocenters. The smallest absolute Gasteiger partial charge is 0.409 e. The standard InChI is InChI=1S/C21H22ClF2N3O8S.Mg.2H/c1-33-8-9-34-21(29)26-6-7-27(18(12-26)20(28)25-30)36(31,32)15-10-16(23)19(17(24)11-15)35-14-4-2-13(22)3-5-14;;;/h2-5,10-11,18,30H,6-9,12H2,1H3,(H,25,28);;;. The lowest BCUT2D eigenvalue weighted by Crippen LogP contribution is -2.61. The largest absolute Gasteiger partial charge is 0.451 e. The molecule has 1 saturated heterocycles. The Morgan fingerprint density at radius 3 is 2.32 bits per heavy atom. The molecule has 3 rings (SSSR count). The lowest BCUT2D eigenvalue weighted by Gasteiger charge is -2.38. The molecule has 11 nitrogen and oxygen atoms in total. The summed E-state index contributed by atoms with van der Waals surface area (Å²) in [5, 5.41) is 9.47. The van der Waals surface area contributed by atoms with Crippen molar-refractivity contribution in [2.75, 3.05) is 40.0 Å². The number of carbonyl (C=O) groups is 2. The number of hydrogen-bond acceptors (Lipinski definition) is 8. The summed E-state index contributed by atoms with van der Waals surface area (Å²) in [6.07, 6.45) is -0.833. The molecule has 0 aromatic heterocycles. The van der Waals surface area contributed by atoms with E-state index < -0.39 is 63.4 Å². The predicted molar refractivity (Wildman–Crippen MR) is 129 cm³/mol. The summed E-state index contributed by atoms with van der Waals surface area (Å²) in [6, 6.07) is 5.08. The highest BCUT2D eigenvalue weighted by atomic mass is 35.5. The fraction of sp³-hybridized carbons (Fsp3) is 0.333. The SMILES string of the molecule is COCCOC(=O)N1CCN(S(=O)(=O)c2cc(F)c(Oc3ccc(Cl)cc3)c(F)c2)C(C(=O)NO)C1.[MgH2]. The topological polar surface area (TPSA) is 135 Å². The molecule has 0 aliphatic carbocycles. The first-order chi connectivity index (χ1) is 17.1. The number of carbonyl (C=O) groups excluding carboxylic acids is 2. The summed E-state index contributed by atoms with van der Waals surface area (Å²) in [5.74, 6) is -4.57. The van der Waals surface area contributed by atoms with Crippen molar-refractivity contribution in [1.82, 2.24) is 14.7 Å². The second kappa shape index (κ2) is 13.5. The Hall–Kier alpha value is -2.27. The zero-order valence-electron chi connectivity index (χ0n) is 18.8. The van der Waals surface area contributed by atoms with E-state index in [-0.39, 0.29) is 48.6 Å². The minimum Gasteiger partial charge on any atom is -0.451 e. The number of sulfonamides is 1. The van der Waals surface area contributed by atoms with E-state index in [1.807, 2.05) is 0 Å². The third kappa shape index (κ3) is 7.40. The minimum absolute atomic E-state index is 0. The van der Waals surface area contributed by atoms with Crippen LogP contribution in [0.2, 0.25) is 5.02 Å². The van der Waals surface area contributed by atoms with Gasteiger partial charge in [-0.25, -0.2) is 27.5 Å². The fourth-order valence-corrected chi connectivity index (χ4v) is 5.07. The van der Waals surface area contributed by atoms with E-state index in [1.54, 1.807) is 0 Å². The van der Waals surface area contributed by atoms with Crippen molar-refractivity contribution in [3.05, 3.63) is 53.1 Å². The van der Waals surface area contributed by atoms with Crippen molar-refractivity contribution >= 4 is 56.7 Å². The van der Waals surface area contributed by atoms with Crippen LogP contribution in [0, 0.1) is 11.6 Å². The molecule has 1 aliphatic heterocycles. The summed E-state index contributed by atoms with van der Waals surface area (Å²) in [4.78, 5) is 24.7. The Morgan fingerprint density at radius 2 is 1.76 bits per heavy atom. The van der Waals surface area contributed by atoms with Gasteiger partial charge in [-0.15, -0.1) is 0 Å². The number of nitrogens with one attached hydrogen (secondary N) is 1. The highest BCUT2D eigenvalue weighted by Gasteiger charge is 2.42. The van der Waals surface area contributed by atoms with Crippen LogP contribution < -0.4 is 10.2 Å². The van der Waals surface area contributed by atoms with E-state index in [0.717, 1.165) is 4.90 Å². The lowest BCUT2D eigenvalue weighted by atomic mass is 10.2. The highest BCUT2D eigenvalue weighted by Crippen LogP contribution is 2.32. The van der Waals surface area contributed by atoms with Gasteiger partial charge in [0.25, 0.3) is 5.91 Å². The van der Waals surface area contributed by atoms with Gasteiger partial charge in [-0.05, 0) is 36.4 Å². The highest BCUT2D eigenvalue weighted by molar-refractivity contribution is 7.89. The molecule has 1 heterocycles. The Kier molecular flexibility index (Phi) is 11.3. The van der Waals surface area contributed by atoms with Gasteiger partial charge in [0.05, 0.1) is 11.5 Å². The molecule has 2 amide bonds. The van der Waals surface area contributed by atoms with E-state index in [9.17, 15) is 26.8 Å². The summed E-state index contributed by atoms with van der Waals surface area (Å²) >= 11 is 5.77. The van der Waals surface area contributed by atoms with Crippen molar-refractivity contribution in [2.24, 2.45) is 0 Å². The molecule has 1 fully saturated rings. The number of nitrogens with zero attached hydrogens (tertiary/aromatic N) is 2.